The molecule has 1 N–H and O–H groups in total. The van der Waals surface area contributed by atoms with Crippen LogP contribution in [-0.2, 0) is 16.3 Å². The van der Waals surface area contributed by atoms with Crippen molar-refractivity contribution in [3.05, 3.63) is 27.7 Å². The van der Waals surface area contributed by atoms with Crippen molar-refractivity contribution < 1.29 is 13.9 Å². The molecular weight excluding hydrogens is 278 g/mol. The summed E-state index contributed by atoms with van der Waals surface area (Å²) < 4.78 is 9.69. The van der Waals surface area contributed by atoms with E-state index in [-0.39, 0.29) is 5.75 Å². The lowest BCUT2D eigenvalue weighted by molar-refractivity contribution is 0.313. The van der Waals surface area contributed by atoms with Gasteiger partial charge in [-0.2, -0.15) is 0 Å². The van der Waals surface area contributed by atoms with E-state index in [4.69, 9.17) is 27.7 Å². The number of rotatable bonds is 3. The minimum Gasteiger partial charge on any atom is -0.421 e. The van der Waals surface area contributed by atoms with Gasteiger partial charge in [-0.15, -0.1) is 0 Å². The second kappa shape index (κ2) is 5.00. The molecule has 1 atom stereocenters. The first-order chi connectivity index (χ1) is 6.85. The fourth-order valence-electron chi connectivity index (χ4n) is 0.926. The molecule has 1 rings (SSSR count). The molecule has 0 heterocycles. The van der Waals surface area contributed by atoms with Crippen molar-refractivity contribution in [3.63, 3.8) is 0 Å². The van der Waals surface area contributed by atoms with Crippen LogP contribution >= 0.6 is 29.9 Å². The lowest BCUT2D eigenvalue weighted by Gasteiger charge is -2.16. The molecule has 0 fully saturated rings. The molecule has 0 spiro atoms. The van der Waals surface area contributed by atoms with Crippen LogP contribution in [0.1, 0.15) is 5.56 Å². The highest BCUT2D eigenvalue weighted by Gasteiger charge is 2.19. The number of halogens is 2. The van der Waals surface area contributed by atoms with Gasteiger partial charge in [-0.3, -0.25) is 0 Å². The van der Waals surface area contributed by atoms with Gasteiger partial charge in [0.15, 0.2) is 5.75 Å². The fourth-order valence-corrected chi connectivity index (χ4v) is 2.43. The van der Waals surface area contributed by atoms with Crippen molar-refractivity contribution in [2.24, 2.45) is 0 Å². The van der Waals surface area contributed by atoms with Crippen LogP contribution in [0.2, 0.25) is 10.0 Å². The largest absolute Gasteiger partial charge is 0.421 e. The molecule has 0 saturated heterocycles. The van der Waals surface area contributed by atoms with E-state index >= 15 is 0 Å². The van der Waals surface area contributed by atoms with Gasteiger partial charge in [0.25, 0.3) is 0 Å². The van der Waals surface area contributed by atoms with Gasteiger partial charge in [-0.1, -0.05) is 23.2 Å². The zero-order chi connectivity index (χ0) is 11.6. The fraction of sp³-hybridized carbons (Fsp3) is 0.250. The van der Waals surface area contributed by atoms with Crippen LogP contribution in [0.3, 0.4) is 0 Å². The van der Waals surface area contributed by atoms with E-state index in [0.29, 0.717) is 10.0 Å². The quantitative estimate of drug-likeness (QED) is 0.863. The SMILES string of the molecule is COP(O)(=S)Oc1c(Cl)cc(C)cc1Cl. The van der Waals surface area contributed by atoms with Crippen LogP contribution in [0.15, 0.2) is 12.1 Å². The maximum absolute atomic E-state index is 9.46. The predicted molar refractivity (Wildman–Crippen MR) is 65.3 cm³/mol. The van der Waals surface area contributed by atoms with Crippen LogP contribution in [0, 0.1) is 6.92 Å². The van der Waals surface area contributed by atoms with Crippen molar-refractivity contribution in [1.82, 2.24) is 0 Å². The van der Waals surface area contributed by atoms with Crippen molar-refractivity contribution >= 4 is 41.7 Å². The summed E-state index contributed by atoms with van der Waals surface area (Å²) in [5, 5.41) is 0.584. The van der Waals surface area contributed by atoms with Crippen LogP contribution < -0.4 is 4.52 Å². The lowest BCUT2D eigenvalue weighted by atomic mass is 10.2. The average molecular weight is 287 g/mol. The molecule has 1 aromatic rings. The van der Waals surface area contributed by atoms with Gasteiger partial charge in [-0.25, -0.2) is 0 Å². The van der Waals surface area contributed by atoms with Crippen LogP contribution in [0.5, 0.6) is 5.75 Å². The Kier molecular flexibility index (Phi) is 4.41. The van der Waals surface area contributed by atoms with Gasteiger partial charge < -0.3 is 13.9 Å². The van der Waals surface area contributed by atoms with Gasteiger partial charge in [-0.05, 0) is 24.6 Å². The first kappa shape index (κ1) is 13.2. The summed E-state index contributed by atoms with van der Waals surface area (Å²) in [5.74, 6) is 0.150. The van der Waals surface area contributed by atoms with E-state index in [2.05, 4.69) is 16.3 Å². The van der Waals surface area contributed by atoms with Crippen molar-refractivity contribution in [1.29, 1.82) is 0 Å². The molecular formula is C8H9Cl2O3PS. The van der Waals surface area contributed by atoms with E-state index < -0.39 is 6.72 Å². The van der Waals surface area contributed by atoms with Crippen LogP contribution in [-0.4, -0.2) is 12.0 Å². The third-order valence-corrected chi connectivity index (χ3v) is 3.69. The highest BCUT2D eigenvalue weighted by Crippen LogP contribution is 2.48. The Bertz CT molecular complexity index is 401. The topological polar surface area (TPSA) is 38.7 Å². The molecule has 1 unspecified atom stereocenters. The Morgan fingerprint density at radius 1 is 1.33 bits per heavy atom. The van der Waals surface area contributed by atoms with Crippen molar-refractivity contribution in [2.75, 3.05) is 7.11 Å². The summed E-state index contributed by atoms with van der Waals surface area (Å²) in [6.45, 7) is -1.46. The highest BCUT2D eigenvalue weighted by atomic mass is 35.5. The normalized spacial score (nSPS) is 14.7. The molecule has 1 aromatic carbocycles. The Morgan fingerprint density at radius 2 is 1.80 bits per heavy atom. The van der Waals surface area contributed by atoms with Gasteiger partial charge in [0.2, 0.25) is 0 Å². The molecule has 7 heteroatoms. The highest BCUT2D eigenvalue weighted by molar-refractivity contribution is 8.07. The number of benzene rings is 1. The smallest absolute Gasteiger partial charge is 0.377 e. The minimum atomic E-state index is -3.30. The molecule has 3 nitrogen and oxygen atoms in total. The zero-order valence-electron chi connectivity index (χ0n) is 8.03. The molecule has 0 aliphatic heterocycles. The van der Waals surface area contributed by atoms with E-state index in [1.807, 2.05) is 6.92 Å². The zero-order valence-corrected chi connectivity index (χ0v) is 11.3. The Balaban J connectivity index is 3.11. The Morgan fingerprint density at radius 3 is 2.20 bits per heavy atom. The van der Waals surface area contributed by atoms with E-state index in [1.165, 1.54) is 7.11 Å². The van der Waals surface area contributed by atoms with Crippen molar-refractivity contribution in [2.45, 2.75) is 6.92 Å². The van der Waals surface area contributed by atoms with Crippen LogP contribution in [0.25, 0.3) is 0 Å². The van der Waals surface area contributed by atoms with E-state index in [1.54, 1.807) is 12.1 Å². The molecule has 0 amide bonds. The summed E-state index contributed by atoms with van der Waals surface area (Å²) in [7, 11) is 1.26. The molecule has 84 valence electrons. The summed E-state index contributed by atoms with van der Waals surface area (Å²) in [6, 6.07) is 3.32. The maximum Gasteiger partial charge on any atom is 0.377 e. The van der Waals surface area contributed by atoms with Gasteiger partial charge in [0.1, 0.15) is 0 Å². The molecule has 0 bridgehead atoms. The summed E-state index contributed by atoms with van der Waals surface area (Å²) in [5.41, 5.74) is 0.890. The summed E-state index contributed by atoms with van der Waals surface area (Å²) >= 11 is 16.5. The molecule has 15 heavy (non-hydrogen) atoms. The number of aryl methyl sites for hydroxylation is 1. The van der Waals surface area contributed by atoms with E-state index in [0.717, 1.165) is 5.56 Å². The Labute approximate surface area is 103 Å². The molecule has 0 aromatic heterocycles. The predicted octanol–water partition coefficient (Wildman–Crippen LogP) is 3.54. The molecule has 0 saturated carbocycles. The van der Waals surface area contributed by atoms with E-state index in [9.17, 15) is 4.89 Å². The lowest BCUT2D eigenvalue weighted by Crippen LogP contribution is -1.95. The average Bonchev–Trinajstić information content (AvgIpc) is 2.11. The number of hydrogen-bond acceptors (Lipinski definition) is 3. The minimum absolute atomic E-state index is 0.150. The Hall–Kier alpha value is 0.170. The third-order valence-electron chi connectivity index (χ3n) is 1.58. The summed E-state index contributed by atoms with van der Waals surface area (Å²) in [4.78, 5) is 9.46. The molecule has 0 radical (unpaired) electrons. The third kappa shape index (κ3) is 3.59. The van der Waals surface area contributed by atoms with Crippen LogP contribution in [0.4, 0.5) is 0 Å². The monoisotopic (exact) mass is 286 g/mol. The maximum atomic E-state index is 9.46. The first-order valence-electron chi connectivity index (χ1n) is 3.89. The second-order valence-electron chi connectivity index (χ2n) is 2.80. The second-order valence-corrected chi connectivity index (χ2v) is 6.48. The first-order valence-corrected chi connectivity index (χ1v) is 7.24. The molecule has 0 aliphatic carbocycles. The van der Waals surface area contributed by atoms with Crippen molar-refractivity contribution in [3.8, 4) is 5.75 Å². The van der Waals surface area contributed by atoms with Gasteiger partial charge in [0, 0.05) is 18.9 Å². The molecule has 0 aliphatic rings. The van der Waals surface area contributed by atoms with Gasteiger partial charge in [0.05, 0.1) is 10.0 Å². The van der Waals surface area contributed by atoms with Gasteiger partial charge >= 0.3 is 6.72 Å². The summed E-state index contributed by atoms with van der Waals surface area (Å²) in [6.07, 6.45) is 0. The standard InChI is InChI=1S/C8H9Cl2O3PS/c1-5-3-6(9)8(7(10)4-5)13-14(11,15)12-2/h3-4H,1-2H3,(H,11,15). The number of hydrogen-bond donors (Lipinski definition) is 1.